The number of alkyl halides is 5. The van der Waals surface area contributed by atoms with Crippen LogP contribution < -0.4 is 10.1 Å². The van der Waals surface area contributed by atoms with Gasteiger partial charge >= 0.3 is 12.2 Å². The fraction of sp³-hybridized carbons (Fsp3) is 0.296. The van der Waals surface area contributed by atoms with Gasteiger partial charge in [0.05, 0.1) is 35.0 Å². The number of rotatable bonds is 8. The van der Waals surface area contributed by atoms with E-state index in [1.807, 2.05) is 0 Å². The Hall–Kier alpha value is -4.27. The van der Waals surface area contributed by atoms with Crippen LogP contribution in [0.2, 0.25) is 0 Å². The van der Waals surface area contributed by atoms with Crippen LogP contribution in [-0.2, 0) is 16.6 Å². The Morgan fingerprint density at radius 2 is 1.71 bits per heavy atom. The van der Waals surface area contributed by atoms with Crippen LogP contribution in [0.3, 0.4) is 0 Å². The Labute approximate surface area is 237 Å². The highest BCUT2D eigenvalue weighted by Crippen LogP contribution is 2.39. The molecule has 0 aliphatic rings. The number of benzene rings is 2. The van der Waals surface area contributed by atoms with Gasteiger partial charge in [-0.05, 0) is 50.6 Å². The number of halogens is 5. The third kappa shape index (κ3) is 5.24. The molecule has 3 heterocycles. The summed E-state index contributed by atoms with van der Waals surface area (Å²) in [6.07, 6.45) is -6.12. The molecular weight excluding hydrogens is 583 g/mol. The van der Waals surface area contributed by atoms with Crippen molar-refractivity contribution < 1.29 is 35.1 Å². The Morgan fingerprint density at radius 1 is 1.02 bits per heavy atom. The van der Waals surface area contributed by atoms with E-state index in [4.69, 9.17) is 4.74 Å². The van der Waals surface area contributed by atoms with Gasteiger partial charge in [-0.1, -0.05) is 23.8 Å². The smallest absolute Gasteiger partial charge is 0.408 e. The maximum atomic E-state index is 13.9. The molecule has 0 bridgehead atoms. The number of fused-ring (bicyclic) bond motifs is 2. The molecule has 5 rings (SSSR count). The molecule has 0 radical (unpaired) electrons. The molecule has 3 aromatic heterocycles. The number of aryl methyl sites for hydroxylation is 2. The fourth-order valence-electron chi connectivity index (χ4n) is 4.57. The van der Waals surface area contributed by atoms with Crippen LogP contribution in [0.15, 0.2) is 53.6 Å². The van der Waals surface area contributed by atoms with E-state index in [2.05, 4.69) is 20.3 Å². The molecule has 0 fully saturated rings. The van der Waals surface area contributed by atoms with E-state index < -0.39 is 35.2 Å². The van der Waals surface area contributed by atoms with Crippen molar-refractivity contribution in [3.8, 4) is 17.1 Å². The maximum Gasteiger partial charge on any atom is 0.408 e. The van der Waals surface area contributed by atoms with E-state index in [0.717, 1.165) is 16.5 Å². The predicted octanol–water partition coefficient (Wildman–Crippen LogP) is 5.94. The van der Waals surface area contributed by atoms with Crippen molar-refractivity contribution in [1.82, 2.24) is 23.5 Å². The first-order valence-electron chi connectivity index (χ1n) is 12.6. The maximum absolute atomic E-state index is 13.9. The first-order valence-corrected chi connectivity index (χ1v) is 14.0. The average Bonchev–Trinajstić information content (AvgIpc) is 3.46. The summed E-state index contributed by atoms with van der Waals surface area (Å²) in [5, 5.41) is 2.28. The third-order valence-electron chi connectivity index (χ3n) is 6.77. The summed E-state index contributed by atoms with van der Waals surface area (Å²) >= 11 is 0. The zero-order valence-electron chi connectivity index (χ0n) is 22.7. The summed E-state index contributed by atoms with van der Waals surface area (Å²) in [7, 11) is -3.13. The molecule has 222 valence electrons. The minimum Gasteiger partial charge on any atom is -0.467 e. The Bertz CT molecular complexity index is 1900. The lowest BCUT2D eigenvalue weighted by molar-refractivity contribution is -0.138. The monoisotopic (exact) mass is 608 g/mol. The summed E-state index contributed by atoms with van der Waals surface area (Å²) in [4.78, 5) is 12.5. The molecule has 0 amide bonds. The van der Waals surface area contributed by atoms with Gasteiger partial charge in [0.25, 0.3) is 16.4 Å². The Kier molecular flexibility index (Phi) is 7.33. The number of anilines is 1. The molecule has 0 saturated heterocycles. The van der Waals surface area contributed by atoms with Crippen molar-refractivity contribution >= 4 is 37.9 Å². The number of hydrogen-bond donors (Lipinski definition) is 1. The number of nitrogens with zero attached hydrogens (tertiary/aromatic N) is 5. The highest BCUT2D eigenvalue weighted by Gasteiger charge is 2.37. The van der Waals surface area contributed by atoms with Crippen LogP contribution in [-0.4, -0.2) is 57.7 Å². The van der Waals surface area contributed by atoms with Gasteiger partial charge in [-0.3, -0.25) is 0 Å². The van der Waals surface area contributed by atoms with E-state index >= 15 is 0 Å². The van der Waals surface area contributed by atoms with Crippen molar-refractivity contribution in [2.45, 2.75) is 50.9 Å². The van der Waals surface area contributed by atoms with Gasteiger partial charge in [0.1, 0.15) is 17.7 Å². The summed E-state index contributed by atoms with van der Waals surface area (Å²) in [6, 6.07) is 8.22. The Morgan fingerprint density at radius 3 is 2.33 bits per heavy atom. The van der Waals surface area contributed by atoms with Gasteiger partial charge in [-0.15, -0.1) is 0 Å². The minimum absolute atomic E-state index is 0.0430. The zero-order valence-corrected chi connectivity index (χ0v) is 23.6. The van der Waals surface area contributed by atoms with Crippen LogP contribution in [0.5, 0.6) is 6.01 Å². The SMILES string of the molecule is COc1nc(N[C@H](C)C(F)(F)F)c2c(-c3ccc4nc(C)n(CC(F)F)c4c3)cn(S(=O)(=O)c3ccc(C)cc3)c2n1. The first-order chi connectivity index (χ1) is 19.7. The molecule has 15 heteroatoms. The van der Waals surface area contributed by atoms with E-state index in [0.29, 0.717) is 22.4 Å². The second-order valence-corrected chi connectivity index (χ2v) is 11.5. The van der Waals surface area contributed by atoms with Crippen molar-refractivity contribution in [1.29, 1.82) is 0 Å². The van der Waals surface area contributed by atoms with Crippen LogP contribution in [0.1, 0.15) is 18.3 Å². The second kappa shape index (κ2) is 10.5. The van der Waals surface area contributed by atoms with Gasteiger partial charge in [-0.25, -0.2) is 26.2 Å². The van der Waals surface area contributed by atoms with E-state index in [1.165, 1.54) is 36.1 Å². The fourth-order valence-corrected chi connectivity index (χ4v) is 5.88. The van der Waals surface area contributed by atoms with Crippen molar-refractivity contribution in [3.05, 3.63) is 60.0 Å². The number of methoxy groups -OCH3 is 1. The molecule has 0 aliphatic carbocycles. The van der Waals surface area contributed by atoms with Crippen molar-refractivity contribution in [3.63, 3.8) is 0 Å². The molecule has 9 nitrogen and oxygen atoms in total. The highest BCUT2D eigenvalue weighted by atomic mass is 32.2. The molecule has 1 atom stereocenters. The molecule has 0 saturated carbocycles. The lowest BCUT2D eigenvalue weighted by Gasteiger charge is -2.19. The molecule has 0 unspecified atom stereocenters. The van der Waals surface area contributed by atoms with Crippen molar-refractivity contribution in [2.24, 2.45) is 0 Å². The van der Waals surface area contributed by atoms with Crippen LogP contribution in [0.4, 0.5) is 27.8 Å². The number of aromatic nitrogens is 5. The highest BCUT2D eigenvalue weighted by molar-refractivity contribution is 7.90. The summed E-state index contributed by atoms with van der Waals surface area (Å²) in [6.45, 7) is 3.61. The molecular formula is C27H25F5N6O3S. The lowest BCUT2D eigenvalue weighted by Crippen LogP contribution is -2.33. The van der Waals surface area contributed by atoms with E-state index in [-0.39, 0.29) is 33.3 Å². The Balaban J connectivity index is 1.83. The first kappa shape index (κ1) is 29.2. The van der Waals surface area contributed by atoms with E-state index in [9.17, 15) is 30.4 Å². The summed E-state index contributed by atoms with van der Waals surface area (Å²) in [5.74, 6) is 0.00755. The number of imidazole rings is 1. The minimum atomic E-state index is -4.67. The molecule has 5 aromatic rings. The van der Waals surface area contributed by atoms with Crippen LogP contribution >= 0.6 is 0 Å². The quantitative estimate of drug-likeness (QED) is 0.218. The summed E-state index contributed by atoms with van der Waals surface area (Å²) < 4.78 is 103. The van der Waals surface area contributed by atoms with Gasteiger partial charge in [0.15, 0.2) is 5.65 Å². The predicted molar refractivity (Wildman–Crippen MR) is 146 cm³/mol. The largest absolute Gasteiger partial charge is 0.467 e. The molecule has 2 aromatic carbocycles. The number of ether oxygens (including phenoxy) is 1. The normalized spacial score (nSPS) is 13.3. The molecule has 0 aliphatic heterocycles. The standard InChI is InChI=1S/C27H25F5N6O3S/c1-14-5-8-18(9-6-14)42(39,40)38-12-19(17-7-10-20-21(11-17)37(13-22(28)29)16(3)34-20)23-24(33-15(2)27(30,31)32)35-26(41-4)36-25(23)38/h5-12,15,22H,13H2,1-4H3,(H,33,35,36)/t15-/m1/s1. The zero-order chi connectivity index (χ0) is 30.6. The summed E-state index contributed by atoms with van der Waals surface area (Å²) in [5.41, 5.74) is 1.77. The van der Waals surface area contributed by atoms with Crippen molar-refractivity contribution in [2.75, 3.05) is 12.4 Å². The molecule has 0 spiro atoms. The second-order valence-electron chi connectivity index (χ2n) is 9.69. The number of hydrogen-bond acceptors (Lipinski definition) is 7. The molecule has 1 N–H and O–H groups in total. The molecule has 42 heavy (non-hydrogen) atoms. The number of nitrogens with one attached hydrogen (secondary N) is 1. The lowest BCUT2D eigenvalue weighted by atomic mass is 10.0. The van der Waals surface area contributed by atoms with Gasteiger partial charge in [0, 0.05) is 11.8 Å². The van der Waals surface area contributed by atoms with Gasteiger partial charge in [0.2, 0.25) is 0 Å². The third-order valence-corrected chi connectivity index (χ3v) is 8.43. The topological polar surface area (TPSA) is 104 Å². The van der Waals surface area contributed by atoms with E-state index in [1.54, 1.807) is 38.1 Å². The average molecular weight is 609 g/mol. The van der Waals surface area contributed by atoms with Crippen LogP contribution in [0.25, 0.3) is 33.2 Å². The van der Waals surface area contributed by atoms with Crippen LogP contribution in [0, 0.1) is 13.8 Å². The van der Waals surface area contributed by atoms with Gasteiger partial charge in [-0.2, -0.15) is 23.1 Å². The van der Waals surface area contributed by atoms with Gasteiger partial charge < -0.3 is 14.6 Å².